The number of carbonyl (C=O) groups excluding carboxylic acids is 1. The molecule has 1 aliphatic rings. The maximum Gasteiger partial charge on any atom is 0.270 e. The van der Waals surface area contributed by atoms with Crippen molar-refractivity contribution in [2.75, 3.05) is 12.0 Å². The smallest absolute Gasteiger partial charge is 0.270 e. The van der Waals surface area contributed by atoms with Gasteiger partial charge >= 0.3 is 0 Å². The Hall–Kier alpha value is -1.58. The molecule has 0 spiro atoms. The van der Waals surface area contributed by atoms with Gasteiger partial charge in [0.2, 0.25) is 0 Å². The molecule has 0 saturated carbocycles. The third-order valence-corrected chi connectivity index (χ3v) is 5.75. The fourth-order valence-electron chi connectivity index (χ4n) is 2.44. The Labute approximate surface area is 169 Å². The van der Waals surface area contributed by atoms with Crippen molar-refractivity contribution in [2.24, 2.45) is 0 Å². The van der Waals surface area contributed by atoms with Crippen molar-refractivity contribution in [3.63, 3.8) is 0 Å². The number of thiocarbonyl (C=S) groups is 1. The van der Waals surface area contributed by atoms with Crippen molar-refractivity contribution >= 4 is 68.6 Å². The zero-order valence-corrected chi connectivity index (χ0v) is 17.2. The SMILES string of the molecule is COc1cc(/C=C2\SC(=S)N(c3cccc(C)c3)C2=O)cc(I)c1O. The Balaban J connectivity index is 1.97. The molecule has 2 aromatic carbocycles. The van der Waals surface area contributed by atoms with E-state index in [1.807, 2.05) is 53.8 Å². The number of phenolic OH excluding ortho intramolecular Hbond substituents is 1. The second-order valence-electron chi connectivity index (χ2n) is 5.41. The van der Waals surface area contributed by atoms with Crippen molar-refractivity contribution in [3.8, 4) is 11.5 Å². The van der Waals surface area contributed by atoms with Crippen molar-refractivity contribution in [2.45, 2.75) is 6.92 Å². The highest BCUT2D eigenvalue weighted by molar-refractivity contribution is 14.1. The van der Waals surface area contributed by atoms with E-state index in [1.165, 1.54) is 18.9 Å². The molecule has 1 saturated heterocycles. The van der Waals surface area contributed by atoms with Gasteiger partial charge in [-0.1, -0.05) is 36.1 Å². The monoisotopic (exact) mass is 483 g/mol. The molecule has 25 heavy (non-hydrogen) atoms. The van der Waals surface area contributed by atoms with Crippen molar-refractivity contribution in [1.82, 2.24) is 0 Å². The summed E-state index contributed by atoms with van der Waals surface area (Å²) < 4.78 is 6.32. The first-order valence-electron chi connectivity index (χ1n) is 7.32. The highest BCUT2D eigenvalue weighted by atomic mass is 127. The summed E-state index contributed by atoms with van der Waals surface area (Å²) in [6.45, 7) is 1.97. The van der Waals surface area contributed by atoms with Crippen LogP contribution in [0, 0.1) is 10.5 Å². The molecule has 0 bridgehead atoms. The number of thioether (sulfide) groups is 1. The number of anilines is 1. The number of nitrogens with zero attached hydrogens (tertiary/aromatic N) is 1. The van der Waals surface area contributed by atoms with Crippen LogP contribution in [0.25, 0.3) is 6.08 Å². The number of carbonyl (C=O) groups is 1. The summed E-state index contributed by atoms with van der Waals surface area (Å²) in [5, 5.41) is 9.94. The van der Waals surface area contributed by atoms with Crippen molar-refractivity contribution in [1.29, 1.82) is 0 Å². The van der Waals surface area contributed by atoms with Gasteiger partial charge in [-0.25, -0.2) is 0 Å². The quantitative estimate of drug-likeness (QED) is 0.389. The number of benzene rings is 2. The van der Waals surface area contributed by atoms with Crippen LogP contribution in [0.15, 0.2) is 41.3 Å². The average Bonchev–Trinajstić information content (AvgIpc) is 2.84. The van der Waals surface area contributed by atoms with Crippen LogP contribution in [0.4, 0.5) is 5.69 Å². The van der Waals surface area contributed by atoms with Crippen LogP contribution in [0.1, 0.15) is 11.1 Å². The Morgan fingerprint density at radius 2 is 2.08 bits per heavy atom. The number of hydrogen-bond donors (Lipinski definition) is 1. The second-order valence-corrected chi connectivity index (χ2v) is 8.25. The van der Waals surface area contributed by atoms with E-state index >= 15 is 0 Å². The molecule has 0 unspecified atom stereocenters. The molecule has 0 aliphatic carbocycles. The van der Waals surface area contributed by atoms with Crippen LogP contribution in [0.5, 0.6) is 11.5 Å². The van der Waals surface area contributed by atoms with Gasteiger partial charge in [0.15, 0.2) is 15.8 Å². The normalized spacial score (nSPS) is 16.0. The summed E-state index contributed by atoms with van der Waals surface area (Å²) in [6, 6.07) is 11.2. The first-order chi connectivity index (χ1) is 11.9. The molecule has 4 nitrogen and oxygen atoms in total. The van der Waals surface area contributed by atoms with Gasteiger partial charge in [0.05, 0.1) is 21.3 Å². The first kappa shape index (κ1) is 18.2. The number of aryl methyl sites for hydroxylation is 1. The van der Waals surface area contributed by atoms with E-state index in [0.717, 1.165) is 16.8 Å². The second kappa shape index (κ2) is 7.35. The number of phenols is 1. The molecule has 1 amide bonds. The Bertz CT molecular complexity index is 911. The van der Waals surface area contributed by atoms with E-state index in [-0.39, 0.29) is 11.7 Å². The topological polar surface area (TPSA) is 49.8 Å². The molecule has 3 rings (SSSR count). The molecule has 1 N–H and O–H groups in total. The van der Waals surface area contributed by atoms with Gasteiger partial charge in [0.25, 0.3) is 5.91 Å². The third kappa shape index (κ3) is 3.68. The fourth-order valence-corrected chi connectivity index (χ4v) is 4.37. The summed E-state index contributed by atoms with van der Waals surface area (Å²) in [4.78, 5) is 14.9. The molecule has 7 heteroatoms. The first-order valence-corrected chi connectivity index (χ1v) is 9.62. The number of methoxy groups -OCH3 is 1. The molecule has 128 valence electrons. The molecule has 0 aromatic heterocycles. The van der Waals surface area contributed by atoms with Crippen LogP contribution >= 0.6 is 46.6 Å². The lowest BCUT2D eigenvalue weighted by Gasteiger charge is -2.14. The molecular weight excluding hydrogens is 469 g/mol. The van der Waals surface area contributed by atoms with E-state index < -0.39 is 0 Å². The van der Waals surface area contributed by atoms with Crippen LogP contribution in [-0.4, -0.2) is 22.4 Å². The molecular formula is C18H14INO3S2. The predicted octanol–water partition coefficient (Wildman–Crippen LogP) is 4.72. The maximum absolute atomic E-state index is 12.8. The van der Waals surface area contributed by atoms with Gasteiger partial charge in [0.1, 0.15) is 0 Å². The summed E-state index contributed by atoms with van der Waals surface area (Å²) in [5.41, 5.74) is 2.60. The van der Waals surface area contributed by atoms with Crippen LogP contribution < -0.4 is 9.64 Å². The van der Waals surface area contributed by atoms with Crippen LogP contribution in [-0.2, 0) is 4.79 Å². The van der Waals surface area contributed by atoms with E-state index in [4.69, 9.17) is 17.0 Å². The summed E-state index contributed by atoms with van der Waals surface area (Å²) >= 11 is 8.68. The highest BCUT2D eigenvalue weighted by Crippen LogP contribution is 2.38. The molecule has 1 heterocycles. The predicted molar refractivity (Wildman–Crippen MR) is 114 cm³/mol. The summed E-state index contributed by atoms with van der Waals surface area (Å²) in [7, 11) is 1.49. The van der Waals surface area contributed by atoms with Gasteiger partial charge in [-0.2, -0.15) is 0 Å². The van der Waals surface area contributed by atoms with Gasteiger partial charge in [-0.15, -0.1) is 0 Å². The molecule has 2 aromatic rings. The number of hydrogen-bond acceptors (Lipinski definition) is 5. The average molecular weight is 483 g/mol. The Morgan fingerprint density at radius 3 is 2.76 bits per heavy atom. The van der Waals surface area contributed by atoms with E-state index in [0.29, 0.717) is 18.5 Å². The zero-order chi connectivity index (χ0) is 18.1. The number of ether oxygens (including phenoxy) is 1. The molecule has 0 atom stereocenters. The van der Waals surface area contributed by atoms with E-state index in [9.17, 15) is 9.90 Å². The van der Waals surface area contributed by atoms with Crippen LogP contribution in [0.2, 0.25) is 0 Å². The van der Waals surface area contributed by atoms with E-state index in [2.05, 4.69) is 0 Å². The lowest BCUT2D eigenvalue weighted by atomic mass is 10.1. The summed E-state index contributed by atoms with van der Waals surface area (Å²) in [5.74, 6) is 0.308. The highest BCUT2D eigenvalue weighted by Gasteiger charge is 2.33. The number of amides is 1. The Kier molecular flexibility index (Phi) is 5.35. The largest absolute Gasteiger partial charge is 0.504 e. The molecule has 1 aliphatic heterocycles. The van der Waals surface area contributed by atoms with Gasteiger partial charge in [0, 0.05) is 0 Å². The molecule has 1 fully saturated rings. The third-order valence-electron chi connectivity index (χ3n) is 3.62. The standard InChI is InChI=1S/C18H14INO3S2/c1-10-4-3-5-12(6-10)20-17(22)15(25-18(20)24)9-11-7-13(19)16(21)14(8-11)23-2/h3-9,21H,1-2H3/b15-9-. The fraction of sp³-hybridized carbons (Fsp3) is 0.111. The summed E-state index contributed by atoms with van der Waals surface area (Å²) in [6.07, 6.45) is 1.76. The number of rotatable bonds is 3. The number of aromatic hydroxyl groups is 1. The minimum Gasteiger partial charge on any atom is -0.504 e. The number of halogens is 1. The van der Waals surface area contributed by atoms with Gasteiger partial charge in [-0.3, -0.25) is 9.69 Å². The van der Waals surface area contributed by atoms with Gasteiger partial charge in [-0.05, 0) is 71.0 Å². The maximum atomic E-state index is 12.8. The lowest BCUT2D eigenvalue weighted by Crippen LogP contribution is -2.27. The zero-order valence-electron chi connectivity index (χ0n) is 13.4. The van der Waals surface area contributed by atoms with Crippen LogP contribution in [0.3, 0.4) is 0 Å². The van der Waals surface area contributed by atoms with Crippen molar-refractivity contribution < 1.29 is 14.6 Å². The minimum absolute atomic E-state index is 0.0903. The van der Waals surface area contributed by atoms with Crippen molar-refractivity contribution in [3.05, 3.63) is 56.0 Å². The van der Waals surface area contributed by atoms with Gasteiger partial charge < -0.3 is 9.84 Å². The molecule has 0 radical (unpaired) electrons. The Morgan fingerprint density at radius 1 is 1.32 bits per heavy atom. The minimum atomic E-state index is -0.150. The van der Waals surface area contributed by atoms with E-state index in [1.54, 1.807) is 23.1 Å². The lowest BCUT2D eigenvalue weighted by molar-refractivity contribution is -0.113.